The number of carbonyl (C=O) groups excluding carboxylic acids is 1. The van der Waals surface area contributed by atoms with Gasteiger partial charge in [-0.2, -0.15) is 5.10 Å². The van der Waals surface area contributed by atoms with E-state index >= 15 is 0 Å². The highest BCUT2D eigenvalue weighted by molar-refractivity contribution is 5.97. The van der Waals surface area contributed by atoms with Crippen LogP contribution in [-0.2, 0) is 11.8 Å². The zero-order valence-electron chi connectivity index (χ0n) is 17.4. The second-order valence-electron chi connectivity index (χ2n) is 8.01. The lowest BCUT2D eigenvalue weighted by Gasteiger charge is -2.42. The maximum absolute atomic E-state index is 13.3. The molecule has 2 saturated heterocycles. The molecule has 1 atom stereocenters. The van der Waals surface area contributed by atoms with Gasteiger partial charge in [-0.25, -0.2) is 9.97 Å². The Bertz CT molecular complexity index is 1070. The lowest BCUT2D eigenvalue weighted by Crippen LogP contribution is -2.58. The molecule has 2 fully saturated rings. The molecule has 0 spiro atoms. The van der Waals surface area contributed by atoms with Gasteiger partial charge in [-0.05, 0) is 31.9 Å². The fourth-order valence-corrected chi connectivity index (χ4v) is 4.56. The number of amides is 1. The first-order chi connectivity index (χ1) is 14.6. The molecule has 0 N–H and O–H groups in total. The van der Waals surface area contributed by atoms with Crippen LogP contribution in [0.4, 0.5) is 11.6 Å². The third-order valence-electron chi connectivity index (χ3n) is 6.06. The summed E-state index contributed by atoms with van der Waals surface area (Å²) in [5, 5.41) is 4.41. The van der Waals surface area contributed by atoms with E-state index in [4.69, 9.17) is 0 Å². The maximum Gasteiger partial charge on any atom is 0.245 e. The van der Waals surface area contributed by atoms with Gasteiger partial charge in [-0.15, -0.1) is 0 Å². The fourth-order valence-electron chi connectivity index (χ4n) is 4.56. The zero-order chi connectivity index (χ0) is 20.7. The molecule has 0 aliphatic carbocycles. The maximum atomic E-state index is 13.3. The van der Waals surface area contributed by atoms with Crippen LogP contribution in [0, 0.1) is 6.92 Å². The Labute approximate surface area is 175 Å². The largest absolute Gasteiger partial charge is 0.354 e. The molecule has 1 amide bonds. The van der Waals surface area contributed by atoms with Crippen molar-refractivity contribution in [2.45, 2.75) is 25.8 Å². The van der Waals surface area contributed by atoms with E-state index in [0.29, 0.717) is 5.65 Å². The minimum absolute atomic E-state index is 0.0634. The Morgan fingerprint density at radius 1 is 1.03 bits per heavy atom. The van der Waals surface area contributed by atoms with Crippen LogP contribution >= 0.6 is 0 Å². The van der Waals surface area contributed by atoms with Crippen molar-refractivity contribution in [2.75, 3.05) is 42.5 Å². The van der Waals surface area contributed by atoms with Crippen molar-refractivity contribution >= 4 is 28.7 Å². The first-order valence-electron chi connectivity index (χ1n) is 10.5. The number of aromatic nitrogens is 5. The van der Waals surface area contributed by atoms with Crippen LogP contribution in [0.1, 0.15) is 18.5 Å². The highest BCUT2D eigenvalue weighted by Gasteiger charge is 2.36. The number of rotatable bonds is 3. The molecule has 1 unspecified atom stereocenters. The molecule has 3 aromatic heterocycles. The second-order valence-corrected chi connectivity index (χ2v) is 8.01. The monoisotopic (exact) mass is 406 g/mol. The van der Waals surface area contributed by atoms with Crippen LogP contribution in [0.2, 0.25) is 0 Å². The first-order valence-corrected chi connectivity index (χ1v) is 10.5. The molecular weight excluding hydrogens is 380 g/mol. The van der Waals surface area contributed by atoms with Crippen molar-refractivity contribution in [3.05, 3.63) is 36.3 Å². The molecule has 2 aliphatic heterocycles. The first kappa shape index (κ1) is 18.9. The van der Waals surface area contributed by atoms with Crippen LogP contribution < -0.4 is 9.80 Å². The summed E-state index contributed by atoms with van der Waals surface area (Å²) in [5.41, 5.74) is 2.41. The van der Waals surface area contributed by atoms with Crippen molar-refractivity contribution in [1.29, 1.82) is 0 Å². The van der Waals surface area contributed by atoms with Crippen LogP contribution in [0.3, 0.4) is 0 Å². The van der Waals surface area contributed by atoms with Gasteiger partial charge in [0.15, 0.2) is 5.65 Å². The summed E-state index contributed by atoms with van der Waals surface area (Å²) in [7, 11) is 1.90. The smallest absolute Gasteiger partial charge is 0.245 e. The molecule has 5 rings (SSSR count). The number of piperidine rings is 1. The Morgan fingerprint density at radius 2 is 1.83 bits per heavy atom. The minimum atomic E-state index is -0.0634. The number of anilines is 2. The fraction of sp³-hybridized carbons (Fsp3) is 0.476. The molecule has 0 radical (unpaired) electrons. The minimum Gasteiger partial charge on any atom is -0.354 e. The van der Waals surface area contributed by atoms with Gasteiger partial charge >= 0.3 is 0 Å². The molecule has 0 aromatic carbocycles. The van der Waals surface area contributed by atoms with Gasteiger partial charge in [-0.3, -0.25) is 24.3 Å². The van der Waals surface area contributed by atoms with Gasteiger partial charge in [0.1, 0.15) is 17.2 Å². The molecular formula is C21H26N8O. The number of hydrogen-bond donors (Lipinski definition) is 0. The standard InChI is InChI=1S/C21H26N8O/c1-15-14-19(26(2)25-15)29-9-3-4-17(21(29)30)27-10-12-28(13-11-27)18-6-5-16-20(24-18)23-8-7-22-16/h5-8,14,17H,3-4,9-13H2,1-2H3. The van der Waals surface area contributed by atoms with Crippen LogP contribution in [-0.4, -0.2) is 74.3 Å². The van der Waals surface area contributed by atoms with Crippen molar-refractivity contribution < 1.29 is 4.79 Å². The Balaban J connectivity index is 1.27. The van der Waals surface area contributed by atoms with E-state index in [0.717, 1.165) is 68.4 Å². The summed E-state index contributed by atoms with van der Waals surface area (Å²) in [6.45, 7) is 6.09. The van der Waals surface area contributed by atoms with Crippen LogP contribution in [0.5, 0.6) is 0 Å². The SMILES string of the molecule is Cc1cc(N2CCCC(N3CCN(c4ccc5nccnc5n4)CC3)C2=O)n(C)n1. The molecule has 9 nitrogen and oxygen atoms in total. The number of hydrogen-bond acceptors (Lipinski definition) is 7. The average molecular weight is 406 g/mol. The Hall–Kier alpha value is -3.07. The van der Waals surface area contributed by atoms with E-state index in [-0.39, 0.29) is 11.9 Å². The molecule has 0 bridgehead atoms. The number of piperazine rings is 1. The van der Waals surface area contributed by atoms with Gasteiger partial charge in [0.25, 0.3) is 0 Å². The quantitative estimate of drug-likeness (QED) is 0.650. The third-order valence-corrected chi connectivity index (χ3v) is 6.06. The summed E-state index contributed by atoms with van der Waals surface area (Å²) >= 11 is 0. The predicted molar refractivity (Wildman–Crippen MR) is 114 cm³/mol. The van der Waals surface area contributed by atoms with E-state index < -0.39 is 0 Å². The van der Waals surface area contributed by atoms with Gasteiger partial charge in [0, 0.05) is 58.2 Å². The molecule has 5 heterocycles. The van der Waals surface area contributed by atoms with Crippen LogP contribution in [0.15, 0.2) is 30.6 Å². The summed E-state index contributed by atoms with van der Waals surface area (Å²) in [4.78, 5) is 33.1. The van der Waals surface area contributed by atoms with E-state index in [2.05, 4.69) is 29.9 Å². The van der Waals surface area contributed by atoms with E-state index in [1.165, 1.54) is 0 Å². The van der Waals surface area contributed by atoms with Gasteiger partial charge in [0.2, 0.25) is 5.91 Å². The Morgan fingerprint density at radius 3 is 2.60 bits per heavy atom. The van der Waals surface area contributed by atoms with Gasteiger partial charge in [-0.1, -0.05) is 0 Å². The molecule has 156 valence electrons. The summed E-state index contributed by atoms with van der Waals surface area (Å²) in [6.07, 6.45) is 5.27. The van der Waals surface area contributed by atoms with E-state index in [1.54, 1.807) is 12.4 Å². The van der Waals surface area contributed by atoms with Crippen molar-refractivity contribution in [2.24, 2.45) is 7.05 Å². The Kier molecular flexibility index (Phi) is 4.82. The number of nitrogens with zero attached hydrogens (tertiary/aromatic N) is 8. The third kappa shape index (κ3) is 3.39. The highest BCUT2D eigenvalue weighted by atomic mass is 16.2. The van der Waals surface area contributed by atoms with E-state index in [9.17, 15) is 4.79 Å². The van der Waals surface area contributed by atoms with Crippen molar-refractivity contribution in [3.8, 4) is 0 Å². The molecule has 2 aliphatic rings. The number of aryl methyl sites for hydroxylation is 2. The highest BCUT2D eigenvalue weighted by Crippen LogP contribution is 2.26. The van der Waals surface area contributed by atoms with Gasteiger partial charge < -0.3 is 4.90 Å². The average Bonchev–Trinajstić information content (AvgIpc) is 3.11. The topological polar surface area (TPSA) is 83.3 Å². The molecule has 9 heteroatoms. The van der Waals surface area contributed by atoms with Crippen molar-refractivity contribution in [3.63, 3.8) is 0 Å². The van der Waals surface area contributed by atoms with E-state index in [1.807, 2.05) is 41.8 Å². The molecule has 0 saturated carbocycles. The summed E-state index contributed by atoms with van der Waals surface area (Å²) < 4.78 is 1.81. The molecule has 30 heavy (non-hydrogen) atoms. The molecule has 3 aromatic rings. The number of fused-ring (bicyclic) bond motifs is 1. The summed E-state index contributed by atoms with van der Waals surface area (Å²) in [5.74, 6) is 2.00. The number of carbonyl (C=O) groups is 1. The summed E-state index contributed by atoms with van der Waals surface area (Å²) in [6, 6.07) is 5.90. The predicted octanol–water partition coefficient (Wildman–Crippen LogP) is 1.38. The lowest BCUT2D eigenvalue weighted by molar-refractivity contribution is -0.125. The second kappa shape index (κ2) is 7.64. The van der Waals surface area contributed by atoms with Crippen LogP contribution in [0.25, 0.3) is 11.2 Å². The normalized spacial score (nSPS) is 20.9. The van der Waals surface area contributed by atoms with Gasteiger partial charge in [0.05, 0.1) is 11.7 Å². The lowest BCUT2D eigenvalue weighted by atomic mass is 10.0. The van der Waals surface area contributed by atoms with Crippen molar-refractivity contribution in [1.82, 2.24) is 29.6 Å². The zero-order valence-corrected chi connectivity index (χ0v) is 17.4. The number of pyridine rings is 1.